The highest BCUT2D eigenvalue weighted by Crippen LogP contribution is 2.16. The van der Waals surface area contributed by atoms with E-state index in [0.717, 1.165) is 44.1 Å². The summed E-state index contributed by atoms with van der Waals surface area (Å²) in [6.45, 7) is 4.42. The smallest absolute Gasteiger partial charge is 0.251 e. The Labute approximate surface area is 194 Å². The van der Waals surface area contributed by atoms with E-state index in [1.54, 1.807) is 37.4 Å². The standard InChI is InChI=1S/C26H28N4O3/c1-33-23-9-5-7-21(17-23)24(31)18-28-26(32)22-8-4-6-20(16-22)19-29-12-14-30(15-13-29)25-10-2-3-11-27-25/h2-11,16-17H,12-15,18-19H2,1H3,(H,28,32). The predicted molar refractivity (Wildman–Crippen MR) is 128 cm³/mol. The molecule has 7 heteroatoms. The number of amides is 1. The first-order chi connectivity index (χ1) is 16.1. The molecule has 0 spiro atoms. The lowest BCUT2D eigenvalue weighted by Crippen LogP contribution is -2.46. The van der Waals surface area contributed by atoms with Gasteiger partial charge in [0.1, 0.15) is 11.6 Å². The van der Waals surface area contributed by atoms with Crippen LogP contribution in [-0.2, 0) is 6.54 Å². The summed E-state index contributed by atoms with van der Waals surface area (Å²) in [4.78, 5) is 34.2. The average Bonchev–Trinajstić information content (AvgIpc) is 2.88. The number of ketones is 1. The van der Waals surface area contributed by atoms with Crippen LogP contribution in [0.4, 0.5) is 5.82 Å². The number of Topliss-reactive ketones (excluding diaryl/α,β-unsaturated/α-hetero) is 1. The molecule has 0 atom stereocenters. The number of piperazine rings is 1. The van der Waals surface area contributed by atoms with Gasteiger partial charge in [-0.05, 0) is 42.0 Å². The number of ether oxygens (including phenoxy) is 1. The summed E-state index contributed by atoms with van der Waals surface area (Å²) in [5, 5.41) is 2.73. The number of nitrogens with one attached hydrogen (secondary N) is 1. The van der Waals surface area contributed by atoms with Gasteiger partial charge >= 0.3 is 0 Å². The van der Waals surface area contributed by atoms with Crippen molar-refractivity contribution >= 4 is 17.5 Å². The summed E-state index contributed by atoms with van der Waals surface area (Å²) in [5.74, 6) is 1.21. The van der Waals surface area contributed by atoms with Crippen LogP contribution in [0, 0.1) is 0 Å². The zero-order valence-corrected chi connectivity index (χ0v) is 18.7. The molecule has 1 aromatic heterocycles. The maximum Gasteiger partial charge on any atom is 0.251 e. The Hall–Kier alpha value is -3.71. The highest BCUT2D eigenvalue weighted by atomic mass is 16.5. The number of benzene rings is 2. The third kappa shape index (κ3) is 5.96. The Morgan fingerprint density at radius 2 is 1.73 bits per heavy atom. The Kier molecular flexibility index (Phi) is 7.32. The van der Waals surface area contributed by atoms with Crippen molar-refractivity contribution in [2.45, 2.75) is 6.54 Å². The highest BCUT2D eigenvalue weighted by molar-refractivity contribution is 6.02. The van der Waals surface area contributed by atoms with E-state index in [-0.39, 0.29) is 18.2 Å². The van der Waals surface area contributed by atoms with Crippen LogP contribution < -0.4 is 15.0 Å². The zero-order valence-electron chi connectivity index (χ0n) is 18.7. The number of carbonyl (C=O) groups is 2. The Balaban J connectivity index is 1.29. The fourth-order valence-electron chi connectivity index (χ4n) is 3.91. The average molecular weight is 445 g/mol. The molecule has 4 rings (SSSR count). The Bertz CT molecular complexity index is 1100. The molecule has 2 heterocycles. The summed E-state index contributed by atoms with van der Waals surface area (Å²) in [6, 6.07) is 20.5. The predicted octanol–water partition coefficient (Wildman–Crippen LogP) is 3.03. The van der Waals surface area contributed by atoms with Gasteiger partial charge in [0.2, 0.25) is 0 Å². The molecule has 1 aliphatic rings. The van der Waals surface area contributed by atoms with Crippen LogP contribution in [0.2, 0.25) is 0 Å². The van der Waals surface area contributed by atoms with Crippen LogP contribution >= 0.6 is 0 Å². The summed E-state index contributed by atoms with van der Waals surface area (Å²) < 4.78 is 5.15. The van der Waals surface area contributed by atoms with Gasteiger partial charge in [0.15, 0.2) is 5.78 Å². The second kappa shape index (κ2) is 10.7. The van der Waals surface area contributed by atoms with E-state index in [1.807, 2.05) is 42.6 Å². The second-order valence-electron chi connectivity index (χ2n) is 7.99. The summed E-state index contributed by atoms with van der Waals surface area (Å²) in [6.07, 6.45) is 1.82. The number of carbonyl (C=O) groups excluding carboxylic acids is 2. The number of hydrogen-bond acceptors (Lipinski definition) is 6. The van der Waals surface area contributed by atoms with Crippen LogP contribution in [0.3, 0.4) is 0 Å². The maximum absolute atomic E-state index is 12.6. The van der Waals surface area contributed by atoms with Crippen molar-refractivity contribution in [1.29, 1.82) is 0 Å². The van der Waals surface area contributed by atoms with E-state index in [4.69, 9.17) is 4.74 Å². The number of rotatable bonds is 8. The van der Waals surface area contributed by atoms with E-state index < -0.39 is 0 Å². The van der Waals surface area contributed by atoms with Crippen LogP contribution in [0.25, 0.3) is 0 Å². The molecule has 7 nitrogen and oxygen atoms in total. The van der Waals surface area contributed by atoms with Gasteiger partial charge in [-0.2, -0.15) is 0 Å². The van der Waals surface area contributed by atoms with Gasteiger partial charge in [-0.1, -0.05) is 30.3 Å². The van der Waals surface area contributed by atoms with Crippen molar-refractivity contribution < 1.29 is 14.3 Å². The Morgan fingerprint density at radius 3 is 2.48 bits per heavy atom. The molecule has 2 aromatic carbocycles. The van der Waals surface area contributed by atoms with Gasteiger partial charge in [-0.15, -0.1) is 0 Å². The van der Waals surface area contributed by atoms with Crippen molar-refractivity contribution in [3.63, 3.8) is 0 Å². The molecule has 0 aliphatic carbocycles. The minimum absolute atomic E-state index is 0.0638. The molecular weight excluding hydrogens is 416 g/mol. The van der Waals surface area contributed by atoms with Gasteiger partial charge in [0.05, 0.1) is 13.7 Å². The van der Waals surface area contributed by atoms with Gasteiger partial charge in [-0.3, -0.25) is 14.5 Å². The van der Waals surface area contributed by atoms with Crippen LogP contribution in [0.5, 0.6) is 5.75 Å². The fourth-order valence-corrected chi connectivity index (χ4v) is 3.91. The van der Waals surface area contributed by atoms with E-state index in [0.29, 0.717) is 16.9 Å². The molecule has 1 fully saturated rings. The molecule has 170 valence electrons. The topological polar surface area (TPSA) is 74.8 Å². The molecule has 33 heavy (non-hydrogen) atoms. The van der Waals surface area contributed by atoms with E-state index in [2.05, 4.69) is 20.1 Å². The third-order valence-electron chi connectivity index (χ3n) is 5.74. The first-order valence-corrected chi connectivity index (χ1v) is 11.0. The molecule has 0 saturated carbocycles. The van der Waals surface area contributed by atoms with Crippen molar-refractivity contribution in [3.8, 4) is 5.75 Å². The minimum Gasteiger partial charge on any atom is -0.497 e. The van der Waals surface area contributed by atoms with Gasteiger partial charge in [-0.25, -0.2) is 4.98 Å². The first kappa shape index (κ1) is 22.5. The summed E-state index contributed by atoms with van der Waals surface area (Å²) in [5.41, 5.74) is 2.14. The van der Waals surface area contributed by atoms with Crippen LogP contribution in [-0.4, -0.2) is 61.4 Å². The lowest BCUT2D eigenvalue weighted by molar-refractivity contribution is 0.0904. The molecular formula is C26H28N4O3. The molecule has 1 aliphatic heterocycles. The quantitative estimate of drug-likeness (QED) is 0.539. The second-order valence-corrected chi connectivity index (χ2v) is 7.99. The Morgan fingerprint density at radius 1 is 0.939 bits per heavy atom. The summed E-state index contributed by atoms with van der Waals surface area (Å²) >= 11 is 0. The third-order valence-corrected chi connectivity index (χ3v) is 5.74. The number of hydrogen-bond donors (Lipinski definition) is 1. The SMILES string of the molecule is COc1cccc(C(=O)CNC(=O)c2cccc(CN3CCN(c4ccccn4)CC3)c2)c1. The molecule has 1 amide bonds. The molecule has 0 radical (unpaired) electrons. The molecule has 3 aromatic rings. The van der Waals surface area contributed by atoms with Crippen molar-refractivity contribution in [3.05, 3.63) is 89.6 Å². The molecule has 1 N–H and O–H groups in total. The number of pyridine rings is 1. The minimum atomic E-state index is -0.256. The van der Waals surface area contributed by atoms with Gasteiger partial charge < -0.3 is 15.0 Å². The van der Waals surface area contributed by atoms with E-state index >= 15 is 0 Å². The van der Waals surface area contributed by atoms with Crippen LogP contribution in [0.1, 0.15) is 26.3 Å². The number of nitrogens with zero attached hydrogens (tertiary/aromatic N) is 3. The molecule has 1 saturated heterocycles. The van der Waals surface area contributed by atoms with Crippen LogP contribution in [0.15, 0.2) is 72.9 Å². The largest absolute Gasteiger partial charge is 0.497 e. The van der Waals surface area contributed by atoms with Gasteiger partial charge in [0, 0.05) is 50.0 Å². The lowest BCUT2D eigenvalue weighted by Gasteiger charge is -2.35. The number of methoxy groups -OCH3 is 1. The van der Waals surface area contributed by atoms with Crippen molar-refractivity contribution in [2.24, 2.45) is 0 Å². The fraction of sp³-hybridized carbons (Fsp3) is 0.269. The lowest BCUT2D eigenvalue weighted by atomic mass is 10.1. The summed E-state index contributed by atoms with van der Waals surface area (Å²) in [7, 11) is 1.55. The van der Waals surface area contributed by atoms with E-state index in [1.165, 1.54) is 0 Å². The first-order valence-electron chi connectivity index (χ1n) is 11.0. The molecule has 0 bridgehead atoms. The zero-order chi connectivity index (χ0) is 23.0. The van der Waals surface area contributed by atoms with Crippen molar-refractivity contribution in [1.82, 2.24) is 15.2 Å². The van der Waals surface area contributed by atoms with Gasteiger partial charge in [0.25, 0.3) is 5.91 Å². The van der Waals surface area contributed by atoms with E-state index in [9.17, 15) is 9.59 Å². The van der Waals surface area contributed by atoms with Crippen molar-refractivity contribution in [2.75, 3.05) is 44.7 Å². The highest BCUT2D eigenvalue weighted by Gasteiger charge is 2.18. The normalized spacial score (nSPS) is 14.0. The monoisotopic (exact) mass is 444 g/mol. The number of aromatic nitrogens is 1. The maximum atomic E-state index is 12.6. The number of anilines is 1. The molecule has 0 unspecified atom stereocenters.